The molecule has 0 aliphatic carbocycles. The van der Waals surface area contributed by atoms with E-state index in [0.29, 0.717) is 0 Å². The third-order valence-electron chi connectivity index (χ3n) is 3.65. The van der Waals surface area contributed by atoms with E-state index in [1.54, 1.807) is 0 Å². The molecule has 0 saturated carbocycles. The standard InChI is InChI=1S/C15H21N5/c1-2-5-16-11-13-4-3-6-18-15(13)20-10-9-19-8-7-17-14(19)12-20/h3-4,6-8,16H,2,5,9-12H2,1H3. The number of hydrogen-bond acceptors (Lipinski definition) is 4. The minimum Gasteiger partial charge on any atom is -0.347 e. The van der Waals surface area contributed by atoms with Crippen LogP contribution >= 0.6 is 0 Å². The molecule has 20 heavy (non-hydrogen) atoms. The molecule has 0 amide bonds. The van der Waals surface area contributed by atoms with Gasteiger partial charge in [-0.15, -0.1) is 0 Å². The molecule has 0 spiro atoms. The summed E-state index contributed by atoms with van der Waals surface area (Å²) in [6, 6.07) is 4.17. The first kappa shape index (κ1) is 13.1. The van der Waals surface area contributed by atoms with Crippen molar-refractivity contribution in [1.29, 1.82) is 0 Å². The Bertz CT molecular complexity index is 563. The maximum Gasteiger partial charge on any atom is 0.133 e. The Hall–Kier alpha value is -1.88. The van der Waals surface area contributed by atoms with E-state index in [2.05, 4.69) is 43.9 Å². The Morgan fingerprint density at radius 3 is 3.10 bits per heavy atom. The van der Waals surface area contributed by atoms with Crippen molar-refractivity contribution in [2.45, 2.75) is 33.0 Å². The quantitative estimate of drug-likeness (QED) is 0.842. The predicted octanol–water partition coefficient (Wildman–Crippen LogP) is 1.80. The highest BCUT2D eigenvalue weighted by Gasteiger charge is 2.19. The van der Waals surface area contributed by atoms with Crippen molar-refractivity contribution in [1.82, 2.24) is 19.9 Å². The van der Waals surface area contributed by atoms with Gasteiger partial charge in [0.05, 0.1) is 6.54 Å². The first-order chi connectivity index (χ1) is 9.88. The van der Waals surface area contributed by atoms with Gasteiger partial charge in [0.15, 0.2) is 0 Å². The number of rotatable bonds is 5. The van der Waals surface area contributed by atoms with Crippen LogP contribution in [-0.4, -0.2) is 27.6 Å². The van der Waals surface area contributed by atoms with E-state index in [9.17, 15) is 0 Å². The molecule has 2 aromatic rings. The van der Waals surface area contributed by atoms with Gasteiger partial charge in [0, 0.05) is 43.8 Å². The molecule has 0 bridgehead atoms. The summed E-state index contributed by atoms with van der Waals surface area (Å²) in [5.41, 5.74) is 1.26. The number of nitrogens with one attached hydrogen (secondary N) is 1. The van der Waals surface area contributed by atoms with Gasteiger partial charge in [-0.2, -0.15) is 0 Å². The van der Waals surface area contributed by atoms with Crippen LogP contribution in [0.2, 0.25) is 0 Å². The summed E-state index contributed by atoms with van der Waals surface area (Å²) in [5.74, 6) is 2.21. The van der Waals surface area contributed by atoms with Crippen LogP contribution in [0.25, 0.3) is 0 Å². The summed E-state index contributed by atoms with van der Waals surface area (Å²) >= 11 is 0. The summed E-state index contributed by atoms with van der Waals surface area (Å²) < 4.78 is 2.22. The number of anilines is 1. The van der Waals surface area contributed by atoms with Crippen LogP contribution in [0.5, 0.6) is 0 Å². The summed E-state index contributed by atoms with van der Waals surface area (Å²) in [7, 11) is 0. The number of fused-ring (bicyclic) bond motifs is 1. The molecular weight excluding hydrogens is 250 g/mol. The lowest BCUT2D eigenvalue weighted by atomic mass is 10.2. The summed E-state index contributed by atoms with van der Waals surface area (Å²) in [5, 5.41) is 3.46. The van der Waals surface area contributed by atoms with Crippen LogP contribution in [0.1, 0.15) is 24.7 Å². The van der Waals surface area contributed by atoms with E-state index >= 15 is 0 Å². The summed E-state index contributed by atoms with van der Waals surface area (Å²) in [6.45, 7) is 6.90. The number of aromatic nitrogens is 3. The van der Waals surface area contributed by atoms with E-state index in [1.165, 1.54) is 5.56 Å². The molecule has 5 heteroatoms. The highest BCUT2D eigenvalue weighted by atomic mass is 15.3. The van der Waals surface area contributed by atoms with Gasteiger partial charge < -0.3 is 14.8 Å². The van der Waals surface area contributed by atoms with Crippen LogP contribution in [-0.2, 0) is 19.6 Å². The largest absolute Gasteiger partial charge is 0.347 e. The molecule has 3 rings (SSSR count). The molecule has 1 aliphatic heterocycles. The molecule has 1 N–H and O–H groups in total. The Balaban J connectivity index is 1.77. The van der Waals surface area contributed by atoms with Crippen LogP contribution in [0.3, 0.4) is 0 Å². The third kappa shape index (κ3) is 2.67. The van der Waals surface area contributed by atoms with Gasteiger partial charge in [-0.1, -0.05) is 13.0 Å². The van der Waals surface area contributed by atoms with Gasteiger partial charge >= 0.3 is 0 Å². The molecule has 0 atom stereocenters. The van der Waals surface area contributed by atoms with Gasteiger partial charge in [-0.25, -0.2) is 9.97 Å². The van der Waals surface area contributed by atoms with E-state index in [0.717, 1.165) is 50.8 Å². The summed E-state index contributed by atoms with van der Waals surface area (Å²) in [6.07, 6.45) is 6.95. The minimum absolute atomic E-state index is 0.838. The number of imidazole rings is 1. The maximum absolute atomic E-state index is 4.59. The molecule has 0 fully saturated rings. The van der Waals surface area contributed by atoms with Crippen molar-refractivity contribution in [3.63, 3.8) is 0 Å². The van der Waals surface area contributed by atoms with Gasteiger partial charge in [0.2, 0.25) is 0 Å². The normalized spacial score (nSPS) is 14.3. The monoisotopic (exact) mass is 271 g/mol. The second-order valence-electron chi connectivity index (χ2n) is 5.12. The lowest BCUT2D eigenvalue weighted by Crippen LogP contribution is -2.35. The molecule has 0 radical (unpaired) electrons. The van der Waals surface area contributed by atoms with Crippen molar-refractivity contribution in [3.05, 3.63) is 42.1 Å². The predicted molar refractivity (Wildman–Crippen MR) is 79.5 cm³/mol. The van der Waals surface area contributed by atoms with Crippen LogP contribution < -0.4 is 10.2 Å². The Morgan fingerprint density at radius 2 is 2.20 bits per heavy atom. The third-order valence-corrected chi connectivity index (χ3v) is 3.65. The molecular formula is C15H21N5. The number of hydrogen-bond donors (Lipinski definition) is 1. The average Bonchev–Trinajstić information content (AvgIpc) is 2.95. The van der Waals surface area contributed by atoms with Gasteiger partial charge in [-0.3, -0.25) is 0 Å². The van der Waals surface area contributed by atoms with Crippen molar-refractivity contribution in [3.8, 4) is 0 Å². The lowest BCUT2D eigenvalue weighted by Gasteiger charge is -2.30. The molecule has 0 unspecified atom stereocenters. The van der Waals surface area contributed by atoms with Crippen LogP contribution in [0.15, 0.2) is 30.7 Å². The summed E-state index contributed by atoms with van der Waals surface area (Å²) in [4.78, 5) is 11.3. The fourth-order valence-corrected chi connectivity index (χ4v) is 2.61. The van der Waals surface area contributed by atoms with Gasteiger partial charge in [0.1, 0.15) is 11.6 Å². The van der Waals surface area contributed by atoms with E-state index in [-0.39, 0.29) is 0 Å². The fourth-order valence-electron chi connectivity index (χ4n) is 2.61. The van der Waals surface area contributed by atoms with Crippen molar-refractivity contribution >= 4 is 5.82 Å². The van der Waals surface area contributed by atoms with Crippen molar-refractivity contribution < 1.29 is 0 Å². The minimum atomic E-state index is 0.838. The molecule has 106 valence electrons. The number of nitrogens with zero attached hydrogens (tertiary/aromatic N) is 4. The van der Waals surface area contributed by atoms with Crippen molar-refractivity contribution in [2.75, 3.05) is 18.0 Å². The SMILES string of the molecule is CCCNCc1cccnc1N1CCn2ccnc2C1. The Kier molecular flexibility index (Phi) is 3.97. The molecule has 3 heterocycles. The smallest absolute Gasteiger partial charge is 0.133 e. The van der Waals surface area contributed by atoms with Crippen LogP contribution in [0.4, 0.5) is 5.82 Å². The molecule has 5 nitrogen and oxygen atoms in total. The van der Waals surface area contributed by atoms with E-state index in [4.69, 9.17) is 0 Å². The zero-order valence-electron chi connectivity index (χ0n) is 11.9. The second-order valence-corrected chi connectivity index (χ2v) is 5.12. The highest BCUT2D eigenvalue weighted by molar-refractivity contribution is 5.47. The highest BCUT2D eigenvalue weighted by Crippen LogP contribution is 2.21. The topological polar surface area (TPSA) is 46.0 Å². The first-order valence-electron chi connectivity index (χ1n) is 7.28. The average molecular weight is 271 g/mol. The van der Waals surface area contributed by atoms with E-state index in [1.807, 2.05) is 18.5 Å². The maximum atomic E-state index is 4.59. The second kappa shape index (κ2) is 6.05. The molecule has 1 aliphatic rings. The van der Waals surface area contributed by atoms with Crippen LogP contribution in [0, 0.1) is 0 Å². The number of pyridine rings is 1. The lowest BCUT2D eigenvalue weighted by molar-refractivity contribution is 0.553. The molecule has 2 aromatic heterocycles. The van der Waals surface area contributed by atoms with Gasteiger partial charge in [0.25, 0.3) is 0 Å². The first-order valence-corrected chi connectivity index (χ1v) is 7.28. The van der Waals surface area contributed by atoms with Crippen molar-refractivity contribution in [2.24, 2.45) is 0 Å². The zero-order valence-corrected chi connectivity index (χ0v) is 11.9. The Morgan fingerprint density at radius 1 is 1.25 bits per heavy atom. The Labute approximate surface area is 119 Å². The molecule has 0 saturated heterocycles. The molecule has 0 aromatic carbocycles. The zero-order chi connectivity index (χ0) is 13.8. The van der Waals surface area contributed by atoms with Gasteiger partial charge in [-0.05, 0) is 19.0 Å². The fraction of sp³-hybridized carbons (Fsp3) is 0.467. The van der Waals surface area contributed by atoms with E-state index < -0.39 is 0 Å².